The molecule has 8 aromatic carbocycles. The summed E-state index contributed by atoms with van der Waals surface area (Å²) in [6.45, 7) is 2.23. The highest BCUT2D eigenvalue weighted by atomic mass is 16.3. The molecule has 1 saturated carbocycles. The predicted molar refractivity (Wildman–Crippen MR) is 247 cm³/mol. The second-order valence-corrected chi connectivity index (χ2v) is 16.2. The number of aliphatic imine (C=N–C) groups is 2. The quantitative estimate of drug-likeness (QED) is 0.159. The molecule has 59 heavy (non-hydrogen) atoms. The molecule has 4 atom stereocenters. The van der Waals surface area contributed by atoms with E-state index in [0.29, 0.717) is 11.3 Å². The Morgan fingerprint density at radius 2 is 1.10 bits per heavy atom. The van der Waals surface area contributed by atoms with Crippen molar-refractivity contribution in [1.82, 2.24) is 0 Å². The topological polar surface area (TPSA) is 65.2 Å². The van der Waals surface area contributed by atoms with Crippen LogP contribution in [-0.2, 0) is 0 Å². The van der Waals surface area contributed by atoms with Crippen molar-refractivity contribution in [2.75, 3.05) is 0 Å². The summed E-state index contributed by atoms with van der Waals surface area (Å²) >= 11 is 0. The summed E-state index contributed by atoms with van der Waals surface area (Å²) in [5.74, 6) is 0.737. The monoisotopic (exact) mass is 766 g/mol. The van der Waals surface area contributed by atoms with Crippen LogP contribution < -0.4 is 0 Å². The van der Waals surface area contributed by atoms with E-state index in [-0.39, 0.29) is 29.7 Å². The summed E-state index contributed by atoms with van der Waals surface area (Å²) in [4.78, 5) is 10.4. The van der Waals surface area contributed by atoms with Crippen LogP contribution >= 0.6 is 0 Å². The molecular formula is C55H46N2O2. The molecule has 1 fully saturated rings. The van der Waals surface area contributed by atoms with Gasteiger partial charge in [-0.1, -0.05) is 171 Å². The van der Waals surface area contributed by atoms with Gasteiger partial charge in [-0.3, -0.25) is 9.98 Å². The average Bonchev–Trinajstić information content (AvgIpc) is 3.28. The van der Waals surface area contributed by atoms with Crippen LogP contribution in [-0.4, -0.2) is 34.7 Å². The molecule has 0 radical (unpaired) electrons. The molecule has 288 valence electrons. The number of phenols is 2. The highest BCUT2D eigenvalue weighted by Crippen LogP contribution is 2.48. The molecule has 0 saturated heterocycles. The standard InChI is InChI=1S/C55H46N2O2/c1-35-27-28-37-17-5-9-21-43(37)50(35)52-45-23-11-7-19-39(45)31-41(54(52)58)33-56-48-25-13-14-26-49(48)57-34-42-32-40-20-8-12-24-46(40)53(55(42)59)51-44-22-10-6-18-38(44)29-30-47(51)36-15-3-2-4-16-36/h2-12,15-24,27-35,48-50,58-59H,13-14,25-26H2,1H3/t35?,48-,49-,50?/m1/s1. The Morgan fingerprint density at radius 1 is 0.542 bits per heavy atom. The largest absolute Gasteiger partial charge is 0.507 e. The van der Waals surface area contributed by atoms with Crippen molar-refractivity contribution in [2.24, 2.45) is 15.9 Å². The first kappa shape index (κ1) is 36.6. The van der Waals surface area contributed by atoms with Gasteiger partial charge in [-0.2, -0.15) is 0 Å². The van der Waals surface area contributed by atoms with Gasteiger partial charge in [-0.25, -0.2) is 0 Å². The molecule has 2 N–H and O–H groups in total. The smallest absolute Gasteiger partial charge is 0.132 e. The van der Waals surface area contributed by atoms with Gasteiger partial charge in [0.25, 0.3) is 0 Å². The van der Waals surface area contributed by atoms with E-state index < -0.39 is 0 Å². The van der Waals surface area contributed by atoms with Crippen molar-refractivity contribution in [3.8, 4) is 33.8 Å². The fourth-order valence-electron chi connectivity index (χ4n) is 9.71. The molecule has 0 amide bonds. The van der Waals surface area contributed by atoms with E-state index in [2.05, 4.69) is 159 Å². The van der Waals surface area contributed by atoms with Gasteiger partial charge in [-0.15, -0.1) is 0 Å². The maximum Gasteiger partial charge on any atom is 0.132 e. The van der Waals surface area contributed by atoms with Crippen LogP contribution in [0.5, 0.6) is 11.5 Å². The first-order chi connectivity index (χ1) is 29.0. The molecule has 0 aliphatic heterocycles. The van der Waals surface area contributed by atoms with Gasteiger partial charge in [-0.05, 0) is 85.5 Å². The number of hydrogen-bond donors (Lipinski definition) is 2. The van der Waals surface area contributed by atoms with Crippen molar-refractivity contribution in [1.29, 1.82) is 0 Å². The first-order valence-electron chi connectivity index (χ1n) is 20.9. The van der Waals surface area contributed by atoms with Crippen LogP contribution in [0.1, 0.15) is 66.3 Å². The highest BCUT2D eigenvalue weighted by Gasteiger charge is 2.30. The lowest BCUT2D eigenvalue weighted by atomic mass is 9.74. The molecule has 2 aliphatic carbocycles. The SMILES string of the molecule is CC1C=Cc2ccccc2C1c1c(O)c(C=N[C@@H]2CCCC[C@H]2N=Cc2cc3ccccc3c(-c3c(-c4ccccc4)ccc4ccccc34)c2O)cc2ccccc12. The molecule has 4 nitrogen and oxygen atoms in total. The van der Waals surface area contributed by atoms with Gasteiger partial charge in [0.2, 0.25) is 0 Å². The second-order valence-electron chi connectivity index (χ2n) is 16.2. The third-order valence-electron chi connectivity index (χ3n) is 12.7. The maximum absolute atomic E-state index is 12.4. The third-order valence-corrected chi connectivity index (χ3v) is 12.7. The molecule has 2 aliphatic rings. The van der Waals surface area contributed by atoms with Crippen LogP contribution in [0.25, 0.3) is 60.6 Å². The Labute approximate surface area is 345 Å². The molecule has 0 heterocycles. The van der Waals surface area contributed by atoms with Crippen LogP contribution in [0.15, 0.2) is 168 Å². The van der Waals surface area contributed by atoms with E-state index in [1.54, 1.807) is 0 Å². The average molecular weight is 767 g/mol. The van der Waals surface area contributed by atoms with Crippen LogP contribution in [0, 0.1) is 5.92 Å². The summed E-state index contributed by atoms with van der Waals surface area (Å²) < 4.78 is 0. The van der Waals surface area contributed by atoms with Gasteiger partial charge >= 0.3 is 0 Å². The first-order valence-corrected chi connectivity index (χ1v) is 20.9. The van der Waals surface area contributed by atoms with E-state index in [1.165, 1.54) is 11.1 Å². The van der Waals surface area contributed by atoms with E-state index in [4.69, 9.17) is 9.98 Å². The zero-order valence-corrected chi connectivity index (χ0v) is 33.2. The van der Waals surface area contributed by atoms with Gasteiger partial charge in [0.05, 0.1) is 12.1 Å². The van der Waals surface area contributed by atoms with E-state index in [9.17, 15) is 10.2 Å². The Hall–Kier alpha value is -6.78. The zero-order chi connectivity index (χ0) is 39.9. The number of fused-ring (bicyclic) bond motifs is 4. The molecule has 0 spiro atoms. The third kappa shape index (κ3) is 6.69. The predicted octanol–water partition coefficient (Wildman–Crippen LogP) is 13.5. The van der Waals surface area contributed by atoms with Crippen molar-refractivity contribution >= 4 is 50.8 Å². The number of allylic oxidation sites excluding steroid dienone is 1. The number of nitrogens with zero attached hydrogens (tertiary/aromatic N) is 2. The maximum atomic E-state index is 12.4. The Balaban J connectivity index is 1.04. The fourth-order valence-corrected chi connectivity index (χ4v) is 9.71. The summed E-state index contributed by atoms with van der Waals surface area (Å²) in [5, 5.41) is 30.9. The van der Waals surface area contributed by atoms with Gasteiger partial charge in [0.1, 0.15) is 11.5 Å². The van der Waals surface area contributed by atoms with Crippen LogP contribution in [0.4, 0.5) is 0 Å². The zero-order valence-electron chi connectivity index (χ0n) is 33.2. The Bertz CT molecular complexity index is 2960. The summed E-state index contributed by atoms with van der Waals surface area (Å²) in [6.07, 6.45) is 12.2. The van der Waals surface area contributed by atoms with Crippen molar-refractivity contribution in [2.45, 2.75) is 50.6 Å². The van der Waals surface area contributed by atoms with Crippen molar-refractivity contribution < 1.29 is 10.2 Å². The minimum atomic E-state index is -0.0656. The van der Waals surface area contributed by atoms with Gasteiger partial charge in [0, 0.05) is 46.2 Å². The number of rotatable bonds is 7. The van der Waals surface area contributed by atoms with Crippen LogP contribution in [0.2, 0.25) is 0 Å². The minimum Gasteiger partial charge on any atom is -0.507 e. The minimum absolute atomic E-state index is 0.0126. The lowest BCUT2D eigenvalue weighted by Gasteiger charge is -2.30. The van der Waals surface area contributed by atoms with E-state index in [1.807, 2.05) is 24.6 Å². The van der Waals surface area contributed by atoms with Gasteiger partial charge in [0.15, 0.2) is 0 Å². The number of hydrogen-bond acceptors (Lipinski definition) is 4. The lowest BCUT2D eigenvalue weighted by molar-refractivity contribution is 0.390. The van der Waals surface area contributed by atoms with E-state index >= 15 is 0 Å². The van der Waals surface area contributed by atoms with Crippen molar-refractivity contribution in [3.05, 3.63) is 186 Å². The van der Waals surface area contributed by atoms with Crippen LogP contribution in [0.3, 0.4) is 0 Å². The summed E-state index contributed by atoms with van der Waals surface area (Å²) in [6, 6.07) is 52.4. The highest BCUT2D eigenvalue weighted by molar-refractivity contribution is 6.14. The molecule has 2 unspecified atom stereocenters. The molecule has 0 aromatic heterocycles. The molecule has 8 aromatic rings. The normalized spacial score (nSPS) is 19.3. The summed E-state index contributed by atoms with van der Waals surface area (Å²) in [5.41, 5.74) is 8.78. The Morgan fingerprint density at radius 3 is 1.81 bits per heavy atom. The van der Waals surface area contributed by atoms with Crippen molar-refractivity contribution in [3.63, 3.8) is 0 Å². The van der Waals surface area contributed by atoms with Gasteiger partial charge < -0.3 is 10.2 Å². The molecular weight excluding hydrogens is 721 g/mol. The second kappa shape index (κ2) is 15.5. The number of aromatic hydroxyl groups is 2. The lowest BCUT2D eigenvalue weighted by Crippen LogP contribution is -2.27. The number of benzene rings is 8. The molecule has 4 heteroatoms. The molecule has 10 rings (SSSR count). The van der Waals surface area contributed by atoms with E-state index in [0.717, 1.165) is 91.4 Å². The number of phenolic OH excluding ortho intramolecular Hbond substituents is 2. The molecule has 0 bridgehead atoms. The fraction of sp³-hybridized carbons (Fsp3) is 0.164. The Kier molecular flexibility index (Phi) is 9.62. The summed E-state index contributed by atoms with van der Waals surface area (Å²) in [7, 11) is 0.